The van der Waals surface area contributed by atoms with Gasteiger partial charge < -0.3 is 5.73 Å². The maximum atomic E-state index is 14.0. The van der Waals surface area contributed by atoms with Gasteiger partial charge in [-0.2, -0.15) is 0 Å². The Balaban J connectivity index is 2.44. The van der Waals surface area contributed by atoms with Crippen LogP contribution in [0.5, 0.6) is 0 Å². The van der Waals surface area contributed by atoms with Crippen LogP contribution >= 0.6 is 0 Å². The van der Waals surface area contributed by atoms with E-state index in [-0.39, 0.29) is 17.3 Å². The van der Waals surface area contributed by atoms with Crippen LogP contribution in [0.25, 0.3) is 11.1 Å². The summed E-state index contributed by atoms with van der Waals surface area (Å²) in [6.45, 7) is 8.40. The topological polar surface area (TPSA) is 26.0 Å². The van der Waals surface area contributed by atoms with Gasteiger partial charge in [0.2, 0.25) is 0 Å². The number of hydrogen-bond donors (Lipinski definition) is 1. The largest absolute Gasteiger partial charge is 0.324 e. The lowest BCUT2D eigenvalue weighted by molar-refractivity contribution is 0.590. The van der Waals surface area contributed by atoms with Gasteiger partial charge in [-0.25, -0.2) is 4.39 Å². The van der Waals surface area contributed by atoms with Crippen molar-refractivity contribution in [3.8, 4) is 11.1 Å². The van der Waals surface area contributed by atoms with Gasteiger partial charge in [-0.15, -0.1) is 0 Å². The van der Waals surface area contributed by atoms with Crippen LogP contribution in [0.3, 0.4) is 0 Å². The molecule has 2 rings (SSSR count). The van der Waals surface area contributed by atoms with E-state index < -0.39 is 0 Å². The molecule has 2 aromatic rings. The van der Waals surface area contributed by atoms with E-state index in [0.29, 0.717) is 5.56 Å². The predicted octanol–water partition coefficient (Wildman–Crippen LogP) is 4.81. The van der Waals surface area contributed by atoms with E-state index >= 15 is 0 Å². The van der Waals surface area contributed by atoms with Crippen molar-refractivity contribution in [3.05, 3.63) is 59.4 Å². The van der Waals surface area contributed by atoms with Crippen LogP contribution in [0.4, 0.5) is 4.39 Å². The third-order valence-corrected chi connectivity index (χ3v) is 3.58. The Labute approximate surface area is 120 Å². The summed E-state index contributed by atoms with van der Waals surface area (Å²) in [6, 6.07) is 13.1. The van der Waals surface area contributed by atoms with Gasteiger partial charge in [-0.1, -0.05) is 51.1 Å². The number of hydrogen-bond acceptors (Lipinski definition) is 1. The molecule has 0 fully saturated rings. The van der Waals surface area contributed by atoms with Gasteiger partial charge in [0.1, 0.15) is 5.82 Å². The molecule has 0 spiro atoms. The Morgan fingerprint density at radius 1 is 1.00 bits per heavy atom. The van der Waals surface area contributed by atoms with E-state index in [1.54, 1.807) is 6.07 Å². The number of nitrogens with two attached hydrogens (primary N) is 1. The second kappa shape index (κ2) is 5.37. The lowest BCUT2D eigenvalue weighted by atomic mass is 9.86. The first-order valence-corrected chi connectivity index (χ1v) is 6.95. The van der Waals surface area contributed by atoms with E-state index in [1.165, 1.54) is 11.6 Å². The Morgan fingerprint density at radius 2 is 1.60 bits per heavy atom. The standard InChI is InChI=1S/C18H22FN/c1-12(20)14-7-10-17(19)16(11-14)13-5-8-15(9-6-13)18(2,3)4/h5-12H,20H2,1-4H3. The molecule has 1 nitrogen and oxygen atoms in total. The molecule has 2 heteroatoms. The van der Waals surface area contributed by atoms with Crippen molar-refractivity contribution in [2.24, 2.45) is 5.73 Å². The van der Waals surface area contributed by atoms with Crippen molar-refractivity contribution in [2.45, 2.75) is 39.2 Å². The molecule has 0 saturated carbocycles. The summed E-state index contributed by atoms with van der Waals surface area (Å²) in [5, 5.41) is 0. The monoisotopic (exact) mass is 271 g/mol. The van der Waals surface area contributed by atoms with E-state index in [2.05, 4.69) is 32.9 Å². The lowest BCUT2D eigenvalue weighted by Gasteiger charge is -2.19. The van der Waals surface area contributed by atoms with Crippen LogP contribution in [0, 0.1) is 5.82 Å². The molecular weight excluding hydrogens is 249 g/mol. The normalized spacial score (nSPS) is 13.3. The quantitative estimate of drug-likeness (QED) is 0.833. The molecule has 0 heterocycles. The van der Waals surface area contributed by atoms with Crippen molar-refractivity contribution in [2.75, 3.05) is 0 Å². The van der Waals surface area contributed by atoms with Gasteiger partial charge in [-0.05, 0) is 41.2 Å². The summed E-state index contributed by atoms with van der Waals surface area (Å²) < 4.78 is 14.0. The van der Waals surface area contributed by atoms with Crippen molar-refractivity contribution >= 4 is 0 Å². The minimum atomic E-state index is -0.210. The third-order valence-electron chi connectivity index (χ3n) is 3.58. The fourth-order valence-electron chi connectivity index (χ4n) is 2.20. The molecule has 0 radical (unpaired) electrons. The van der Waals surface area contributed by atoms with Crippen LogP contribution < -0.4 is 5.73 Å². The van der Waals surface area contributed by atoms with Gasteiger partial charge in [0.15, 0.2) is 0 Å². The molecule has 0 bridgehead atoms. The van der Waals surface area contributed by atoms with Crippen molar-refractivity contribution in [1.29, 1.82) is 0 Å². The van der Waals surface area contributed by atoms with Gasteiger partial charge in [-0.3, -0.25) is 0 Å². The minimum Gasteiger partial charge on any atom is -0.324 e. The molecule has 1 atom stereocenters. The van der Waals surface area contributed by atoms with Crippen LogP contribution in [0.2, 0.25) is 0 Å². The van der Waals surface area contributed by atoms with Crippen molar-refractivity contribution in [3.63, 3.8) is 0 Å². The Bertz CT molecular complexity index is 592. The highest BCUT2D eigenvalue weighted by atomic mass is 19.1. The maximum Gasteiger partial charge on any atom is 0.131 e. The third kappa shape index (κ3) is 3.07. The molecule has 1 unspecified atom stereocenters. The zero-order valence-electron chi connectivity index (χ0n) is 12.6. The highest BCUT2D eigenvalue weighted by Crippen LogP contribution is 2.29. The zero-order valence-corrected chi connectivity index (χ0v) is 12.6. The summed E-state index contributed by atoms with van der Waals surface area (Å²) >= 11 is 0. The second-order valence-electron chi connectivity index (χ2n) is 6.36. The van der Waals surface area contributed by atoms with Crippen LogP contribution in [-0.2, 0) is 5.41 Å². The number of rotatable bonds is 2. The maximum absolute atomic E-state index is 14.0. The molecule has 106 valence electrons. The minimum absolute atomic E-state index is 0.0943. The zero-order chi connectivity index (χ0) is 14.9. The highest BCUT2D eigenvalue weighted by molar-refractivity contribution is 5.65. The van der Waals surface area contributed by atoms with E-state index in [1.807, 2.05) is 25.1 Å². The molecule has 0 aliphatic carbocycles. The molecule has 0 aliphatic rings. The summed E-state index contributed by atoms with van der Waals surface area (Å²) in [5.74, 6) is -0.210. The predicted molar refractivity (Wildman–Crippen MR) is 83.1 cm³/mol. The molecule has 2 aromatic carbocycles. The molecule has 0 amide bonds. The number of benzene rings is 2. The SMILES string of the molecule is CC(N)c1ccc(F)c(-c2ccc(C(C)(C)C)cc2)c1. The average molecular weight is 271 g/mol. The van der Waals surface area contributed by atoms with Crippen LogP contribution in [0.15, 0.2) is 42.5 Å². The van der Waals surface area contributed by atoms with Gasteiger partial charge in [0.25, 0.3) is 0 Å². The van der Waals surface area contributed by atoms with Crippen LogP contribution in [-0.4, -0.2) is 0 Å². The summed E-state index contributed by atoms with van der Waals surface area (Å²) in [4.78, 5) is 0. The fourth-order valence-corrected chi connectivity index (χ4v) is 2.20. The molecule has 0 aromatic heterocycles. The molecule has 2 N–H and O–H groups in total. The smallest absolute Gasteiger partial charge is 0.131 e. The van der Waals surface area contributed by atoms with Crippen LogP contribution in [0.1, 0.15) is 44.9 Å². The summed E-state index contributed by atoms with van der Waals surface area (Å²) in [7, 11) is 0. The lowest BCUT2D eigenvalue weighted by Crippen LogP contribution is -2.10. The van der Waals surface area contributed by atoms with Gasteiger partial charge in [0, 0.05) is 11.6 Å². The first-order valence-electron chi connectivity index (χ1n) is 6.95. The van der Waals surface area contributed by atoms with Crippen molar-refractivity contribution in [1.82, 2.24) is 0 Å². The Hall–Kier alpha value is -1.67. The molecule has 0 saturated heterocycles. The summed E-state index contributed by atoms with van der Waals surface area (Å²) in [6.07, 6.45) is 0. The Morgan fingerprint density at radius 3 is 2.10 bits per heavy atom. The van der Waals surface area contributed by atoms with E-state index in [0.717, 1.165) is 11.1 Å². The van der Waals surface area contributed by atoms with Gasteiger partial charge >= 0.3 is 0 Å². The fraction of sp³-hybridized carbons (Fsp3) is 0.333. The molecule has 20 heavy (non-hydrogen) atoms. The molecule has 0 aliphatic heterocycles. The van der Waals surface area contributed by atoms with E-state index in [4.69, 9.17) is 5.73 Å². The summed E-state index contributed by atoms with van der Waals surface area (Å²) in [5.41, 5.74) is 9.66. The van der Waals surface area contributed by atoms with E-state index in [9.17, 15) is 4.39 Å². The first kappa shape index (κ1) is 14.7. The highest BCUT2D eigenvalue weighted by Gasteiger charge is 2.14. The average Bonchev–Trinajstić information content (AvgIpc) is 2.38. The second-order valence-corrected chi connectivity index (χ2v) is 6.36. The first-order chi connectivity index (χ1) is 9.29. The van der Waals surface area contributed by atoms with Crippen molar-refractivity contribution < 1.29 is 4.39 Å². The number of halogens is 1. The molecular formula is C18H22FN. The van der Waals surface area contributed by atoms with Gasteiger partial charge in [0.05, 0.1) is 0 Å². The Kier molecular flexibility index (Phi) is 3.96.